The molecule has 0 aliphatic carbocycles. The normalized spacial score (nSPS) is 11.1. The summed E-state index contributed by atoms with van der Waals surface area (Å²) in [5.74, 6) is -0.672. The van der Waals surface area contributed by atoms with E-state index >= 15 is 0 Å². The van der Waals surface area contributed by atoms with Crippen LogP contribution in [0, 0.1) is 5.82 Å². The fourth-order valence-electron chi connectivity index (χ4n) is 1.64. The number of nitrogens with one attached hydrogen (secondary N) is 1. The van der Waals surface area contributed by atoms with Crippen LogP contribution in [0.1, 0.15) is 6.92 Å². The summed E-state index contributed by atoms with van der Waals surface area (Å²) in [7, 11) is -3.81. The Morgan fingerprint density at radius 1 is 1.15 bits per heavy atom. The van der Waals surface area contributed by atoms with Crippen molar-refractivity contribution >= 4 is 15.7 Å². The summed E-state index contributed by atoms with van der Waals surface area (Å²) in [6.45, 7) is 2.03. The molecule has 2 aromatic rings. The van der Waals surface area contributed by atoms with E-state index in [0.717, 1.165) is 6.07 Å². The number of ether oxygens (including phenoxy) is 1. The SMILES string of the molecule is CCOc1ccc(S(=O)(=O)Nc2ccccc2)cc1F. The second-order valence-electron chi connectivity index (χ2n) is 4.00. The summed E-state index contributed by atoms with van der Waals surface area (Å²) in [6.07, 6.45) is 0. The van der Waals surface area contributed by atoms with Crippen molar-refractivity contribution in [1.29, 1.82) is 0 Å². The van der Waals surface area contributed by atoms with Gasteiger partial charge in [-0.3, -0.25) is 4.72 Å². The molecule has 0 atom stereocenters. The molecule has 4 nitrogen and oxygen atoms in total. The first kappa shape index (κ1) is 14.3. The molecule has 20 heavy (non-hydrogen) atoms. The van der Waals surface area contributed by atoms with Gasteiger partial charge in [0.1, 0.15) is 0 Å². The molecular formula is C14H14FNO3S. The van der Waals surface area contributed by atoms with Crippen LogP contribution in [0.15, 0.2) is 53.4 Å². The van der Waals surface area contributed by atoms with Gasteiger partial charge < -0.3 is 4.74 Å². The van der Waals surface area contributed by atoms with Gasteiger partial charge in [-0.1, -0.05) is 18.2 Å². The third kappa shape index (κ3) is 3.27. The van der Waals surface area contributed by atoms with Gasteiger partial charge in [0.05, 0.1) is 11.5 Å². The number of para-hydroxylation sites is 1. The zero-order valence-corrected chi connectivity index (χ0v) is 11.7. The maximum absolute atomic E-state index is 13.7. The molecule has 0 heterocycles. The molecule has 0 bridgehead atoms. The van der Waals surface area contributed by atoms with Crippen LogP contribution in [0.5, 0.6) is 5.75 Å². The molecule has 0 aliphatic heterocycles. The lowest BCUT2D eigenvalue weighted by Gasteiger charge is -2.09. The van der Waals surface area contributed by atoms with Gasteiger partial charge in [0.2, 0.25) is 0 Å². The Hall–Kier alpha value is -2.08. The first-order valence-electron chi connectivity index (χ1n) is 6.03. The van der Waals surface area contributed by atoms with E-state index in [-0.39, 0.29) is 10.6 Å². The maximum atomic E-state index is 13.7. The fraction of sp³-hybridized carbons (Fsp3) is 0.143. The van der Waals surface area contributed by atoms with E-state index in [1.807, 2.05) is 0 Å². The molecule has 2 aromatic carbocycles. The van der Waals surface area contributed by atoms with Crippen molar-refractivity contribution in [3.05, 3.63) is 54.3 Å². The van der Waals surface area contributed by atoms with Crippen molar-refractivity contribution in [2.24, 2.45) is 0 Å². The second-order valence-corrected chi connectivity index (χ2v) is 5.68. The third-order valence-corrected chi connectivity index (χ3v) is 3.92. The summed E-state index contributed by atoms with van der Waals surface area (Å²) in [4.78, 5) is -0.151. The first-order chi connectivity index (χ1) is 9.53. The molecule has 0 saturated heterocycles. The molecule has 0 spiro atoms. The van der Waals surface area contributed by atoms with Crippen molar-refractivity contribution in [3.63, 3.8) is 0 Å². The molecule has 106 valence electrons. The molecule has 0 aromatic heterocycles. The number of anilines is 1. The third-order valence-electron chi connectivity index (χ3n) is 2.54. The molecule has 0 unspecified atom stereocenters. The highest BCUT2D eigenvalue weighted by Gasteiger charge is 2.16. The lowest BCUT2D eigenvalue weighted by molar-refractivity contribution is 0.321. The number of hydrogen-bond acceptors (Lipinski definition) is 3. The summed E-state index contributed by atoms with van der Waals surface area (Å²) in [6, 6.07) is 12.0. The molecule has 0 aliphatic rings. The van der Waals surface area contributed by atoms with Crippen molar-refractivity contribution in [2.45, 2.75) is 11.8 Å². The molecule has 0 fully saturated rings. The van der Waals surface area contributed by atoms with Crippen LogP contribution in [0.4, 0.5) is 10.1 Å². The van der Waals surface area contributed by atoms with Gasteiger partial charge in [-0.2, -0.15) is 0 Å². The van der Waals surface area contributed by atoms with Gasteiger partial charge in [0, 0.05) is 5.69 Å². The van der Waals surface area contributed by atoms with Gasteiger partial charge in [-0.25, -0.2) is 12.8 Å². The van der Waals surface area contributed by atoms with Crippen LogP contribution >= 0.6 is 0 Å². The largest absolute Gasteiger partial charge is 0.491 e. The van der Waals surface area contributed by atoms with Crippen LogP contribution in [0.3, 0.4) is 0 Å². The minimum Gasteiger partial charge on any atom is -0.491 e. The van der Waals surface area contributed by atoms with Crippen molar-refractivity contribution in [1.82, 2.24) is 0 Å². The molecule has 6 heteroatoms. The van der Waals surface area contributed by atoms with E-state index in [4.69, 9.17) is 4.74 Å². The van der Waals surface area contributed by atoms with E-state index in [1.165, 1.54) is 12.1 Å². The number of sulfonamides is 1. The molecule has 0 amide bonds. The van der Waals surface area contributed by atoms with Crippen molar-refractivity contribution in [3.8, 4) is 5.75 Å². The van der Waals surface area contributed by atoms with Gasteiger partial charge in [-0.15, -0.1) is 0 Å². The lowest BCUT2D eigenvalue weighted by atomic mass is 10.3. The van der Waals surface area contributed by atoms with E-state index in [1.54, 1.807) is 37.3 Å². The van der Waals surface area contributed by atoms with Gasteiger partial charge >= 0.3 is 0 Å². The predicted octanol–water partition coefficient (Wildman–Crippen LogP) is 3.03. The topological polar surface area (TPSA) is 55.4 Å². The minimum atomic E-state index is -3.81. The monoisotopic (exact) mass is 295 g/mol. The van der Waals surface area contributed by atoms with E-state index in [0.29, 0.717) is 12.3 Å². The molecule has 2 rings (SSSR count). The Morgan fingerprint density at radius 2 is 1.85 bits per heavy atom. The van der Waals surface area contributed by atoms with E-state index in [2.05, 4.69) is 4.72 Å². The van der Waals surface area contributed by atoms with Gasteiger partial charge in [0.25, 0.3) is 10.0 Å². The zero-order chi connectivity index (χ0) is 14.6. The highest BCUT2D eigenvalue weighted by Crippen LogP contribution is 2.22. The zero-order valence-electron chi connectivity index (χ0n) is 10.8. The van der Waals surface area contributed by atoms with Crippen LogP contribution in [0.2, 0.25) is 0 Å². The average molecular weight is 295 g/mol. The summed E-state index contributed by atoms with van der Waals surface area (Å²) < 4.78 is 45.3. The van der Waals surface area contributed by atoms with Crippen LogP contribution in [-0.2, 0) is 10.0 Å². The Bertz CT molecular complexity index is 687. The summed E-state index contributed by atoms with van der Waals surface area (Å²) in [5, 5.41) is 0. The van der Waals surface area contributed by atoms with Crippen LogP contribution in [0.25, 0.3) is 0 Å². The quantitative estimate of drug-likeness (QED) is 0.922. The number of rotatable bonds is 5. The summed E-state index contributed by atoms with van der Waals surface area (Å²) >= 11 is 0. The Balaban J connectivity index is 2.28. The first-order valence-corrected chi connectivity index (χ1v) is 7.51. The lowest BCUT2D eigenvalue weighted by Crippen LogP contribution is -2.13. The fourth-order valence-corrected chi connectivity index (χ4v) is 2.71. The Morgan fingerprint density at radius 3 is 2.45 bits per heavy atom. The average Bonchev–Trinajstić information content (AvgIpc) is 2.42. The van der Waals surface area contributed by atoms with Gasteiger partial charge in [0.15, 0.2) is 11.6 Å². The summed E-state index contributed by atoms with van der Waals surface area (Å²) in [5.41, 5.74) is 0.418. The Labute approximate surface area is 117 Å². The van der Waals surface area contributed by atoms with Crippen molar-refractivity contribution < 1.29 is 17.5 Å². The maximum Gasteiger partial charge on any atom is 0.262 e. The van der Waals surface area contributed by atoms with Gasteiger partial charge in [-0.05, 0) is 37.3 Å². The highest BCUT2D eigenvalue weighted by molar-refractivity contribution is 7.92. The van der Waals surface area contributed by atoms with Crippen LogP contribution in [-0.4, -0.2) is 15.0 Å². The predicted molar refractivity (Wildman–Crippen MR) is 74.8 cm³/mol. The molecule has 0 radical (unpaired) electrons. The number of hydrogen-bond donors (Lipinski definition) is 1. The standard InChI is InChI=1S/C14H14FNO3S/c1-2-19-14-9-8-12(10-13(14)15)20(17,18)16-11-6-4-3-5-7-11/h3-10,16H,2H2,1H3. The Kier molecular flexibility index (Phi) is 4.24. The van der Waals surface area contributed by atoms with E-state index < -0.39 is 15.8 Å². The number of halogens is 1. The highest BCUT2D eigenvalue weighted by atomic mass is 32.2. The van der Waals surface area contributed by atoms with Crippen molar-refractivity contribution in [2.75, 3.05) is 11.3 Å². The van der Waals surface area contributed by atoms with E-state index in [9.17, 15) is 12.8 Å². The van der Waals surface area contributed by atoms with Crippen LogP contribution < -0.4 is 9.46 Å². The smallest absolute Gasteiger partial charge is 0.262 e. The molecule has 1 N–H and O–H groups in total. The molecule has 0 saturated carbocycles. The minimum absolute atomic E-state index is 0.0335. The second kappa shape index (κ2) is 5.92. The number of benzene rings is 2. The molecular weight excluding hydrogens is 281 g/mol.